The molecule has 4 heteroatoms. The third-order valence-electron chi connectivity index (χ3n) is 6.47. The lowest BCUT2D eigenvalue weighted by Crippen LogP contribution is -2.43. The van der Waals surface area contributed by atoms with Gasteiger partial charge in [0.1, 0.15) is 5.65 Å². The monoisotopic (exact) mass is 410 g/mol. The minimum absolute atomic E-state index is 0.948. The number of aromatic amines is 1. The van der Waals surface area contributed by atoms with E-state index in [4.69, 9.17) is 4.98 Å². The third kappa shape index (κ3) is 4.14. The lowest BCUT2D eigenvalue weighted by Gasteiger charge is -2.32. The molecule has 0 saturated carbocycles. The smallest absolute Gasteiger partial charge is 0.138 e. The van der Waals surface area contributed by atoms with Crippen molar-refractivity contribution in [3.05, 3.63) is 77.6 Å². The van der Waals surface area contributed by atoms with Crippen molar-refractivity contribution in [2.45, 2.75) is 20.4 Å². The number of hydrogen-bond donors (Lipinski definition) is 1. The Morgan fingerprint density at radius 3 is 2.23 bits per heavy atom. The van der Waals surface area contributed by atoms with Crippen LogP contribution in [0.3, 0.4) is 0 Å². The lowest BCUT2D eigenvalue weighted by molar-refractivity contribution is 0.148. The van der Waals surface area contributed by atoms with E-state index in [0.29, 0.717) is 0 Å². The summed E-state index contributed by atoms with van der Waals surface area (Å²) in [7, 11) is 2.20. The number of fused-ring (bicyclic) bond motifs is 1. The van der Waals surface area contributed by atoms with Gasteiger partial charge in [0, 0.05) is 61.1 Å². The predicted molar refractivity (Wildman–Crippen MR) is 129 cm³/mol. The fourth-order valence-electron chi connectivity index (χ4n) is 4.51. The number of pyridine rings is 1. The number of rotatable bonds is 4. The van der Waals surface area contributed by atoms with E-state index in [-0.39, 0.29) is 0 Å². The summed E-state index contributed by atoms with van der Waals surface area (Å²) in [6.45, 7) is 9.88. The average molecular weight is 411 g/mol. The largest absolute Gasteiger partial charge is 0.343 e. The number of hydrogen-bond acceptors (Lipinski definition) is 3. The van der Waals surface area contributed by atoms with Gasteiger partial charge in [-0.05, 0) is 43.7 Å². The fraction of sp³-hybridized carbons (Fsp3) is 0.296. The van der Waals surface area contributed by atoms with Crippen molar-refractivity contribution in [1.82, 2.24) is 19.8 Å². The molecule has 158 valence electrons. The zero-order chi connectivity index (χ0) is 21.4. The molecule has 1 saturated heterocycles. The molecule has 4 aromatic rings. The Kier molecular flexibility index (Phi) is 5.34. The number of nitrogens with one attached hydrogen (secondary N) is 1. The summed E-state index contributed by atoms with van der Waals surface area (Å²) < 4.78 is 0. The van der Waals surface area contributed by atoms with Gasteiger partial charge in [0.15, 0.2) is 0 Å². The molecule has 5 rings (SSSR count). The molecule has 0 radical (unpaired) electrons. The number of aryl methyl sites for hydroxylation is 2. The first-order chi connectivity index (χ1) is 15.1. The van der Waals surface area contributed by atoms with Crippen LogP contribution >= 0.6 is 0 Å². The van der Waals surface area contributed by atoms with Crippen molar-refractivity contribution in [2.24, 2.45) is 0 Å². The van der Waals surface area contributed by atoms with E-state index in [1.807, 2.05) is 6.20 Å². The summed E-state index contributed by atoms with van der Waals surface area (Å²) in [4.78, 5) is 13.1. The predicted octanol–water partition coefficient (Wildman–Crippen LogP) is 5.26. The van der Waals surface area contributed by atoms with E-state index in [2.05, 4.69) is 90.3 Å². The molecule has 1 aliphatic rings. The van der Waals surface area contributed by atoms with E-state index in [1.165, 1.54) is 33.2 Å². The highest BCUT2D eigenvalue weighted by atomic mass is 15.2. The van der Waals surface area contributed by atoms with E-state index < -0.39 is 0 Å². The molecule has 0 amide bonds. The van der Waals surface area contributed by atoms with Crippen LogP contribution in [0.15, 0.2) is 60.8 Å². The van der Waals surface area contributed by atoms with Gasteiger partial charge in [-0.25, -0.2) is 4.98 Å². The first kappa shape index (κ1) is 20.0. The maximum absolute atomic E-state index is 4.74. The van der Waals surface area contributed by atoms with Crippen LogP contribution in [0.25, 0.3) is 33.3 Å². The van der Waals surface area contributed by atoms with Crippen molar-refractivity contribution in [3.63, 3.8) is 0 Å². The topological polar surface area (TPSA) is 35.2 Å². The Hall–Kier alpha value is -2.95. The molecule has 3 heterocycles. The van der Waals surface area contributed by atoms with Gasteiger partial charge in [0.25, 0.3) is 0 Å². The maximum atomic E-state index is 4.74. The Balaban J connectivity index is 1.42. The molecule has 0 spiro atoms. The Labute approximate surface area is 184 Å². The molecular formula is C27H30N4. The molecule has 0 atom stereocenters. The minimum atomic E-state index is 0.948. The Bertz CT molecular complexity index is 1180. The van der Waals surface area contributed by atoms with Gasteiger partial charge in [-0.2, -0.15) is 0 Å². The second-order valence-corrected chi connectivity index (χ2v) is 8.89. The van der Waals surface area contributed by atoms with Gasteiger partial charge < -0.3 is 9.88 Å². The van der Waals surface area contributed by atoms with Gasteiger partial charge in [-0.3, -0.25) is 4.90 Å². The highest BCUT2D eigenvalue weighted by Gasteiger charge is 2.15. The number of aromatic nitrogens is 2. The van der Waals surface area contributed by atoms with Crippen LogP contribution < -0.4 is 0 Å². The second-order valence-electron chi connectivity index (χ2n) is 8.89. The van der Waals surface area contributed by atoms with Crippen molar-refractivity contribution >= 4 is 11.0 Å². The highest BCUT2D eigenvalue weighted by molar-refractivity contribution is 5.97. The lowest BCUT2D eigenvalue weighted by atomic mass is 9.99. The van der Waals surface area contributed by atoms with Gasteiger partial charge in [-0.1, -0.05) is 54.1 Å². The van der Waals surface area contributed by atoms with Crippen LogP contribution in [0.2, 0.25) is 0 Å². The van der Waals surface area contributed by atoms with Gasteiger partial charge in [0.05, 0.1) is 0 Å². The van der Waals surface area contributed by atoms with Gasteiger partial charge in [-0.15, -0.1) is 0 Å². The van der Waals surface area contributed by atoms with Gasteiger partial charge in [0.2, 0.25) is 0 Å². The highest BCUT2D eigenvalue weighted by Crippen LogP contribution is 2.34. The second kappa shape index (κ2) is 8.29. The average Bonchev–Trinajstić information content (AvgIpc) is 3.11. The summed E-state index contributed by atoms with van der Waals surface area (Å²) in [6.07, 6.45) is 1.98. The van der Waals surface area contributed by atoms with Crippen molar-refractivity contribution in [3.8, 4) is 22.3 Å². The normalized spacial score (nSPS) is 15.6. The molecule has 1 aliphatic heterocycles. The summed E-state index contributed by atoms with van der Waals surface area (Å²) in [6, 6.07) is 20.0. The molecule has 0 bridgehead atoms. The van der Waals surface area contributed by atoms with Crippen molar-refractivity contribution in [2.75, 3.05) is 33.2 Å². The van der Waals surface area contributed by atoms with Crippen LogP contribution in [0.5, 0.6) is 0 Å². The number of benzene rings is 2. The summed E-state index contributed by atoms with van der Waals surface area (Å²) in [5.41, 5.74) is 9.61. The molecule has 4 nitrogen and oxygen atoms in total. The zero-order valence-electron chi connectivity index (χ0n) is 18.7. The number of H-pyrrole nitrogens is 1. The third-order valence-corrected chi connectivity index (χ3v) is 6.47. The molecule has 0 unspecified atom stereocenters. The van der Waals surface area contributed by atoms with E-state index >= 15 is 0 Å². The molecule has 1 N–H and O–H groups in total. The van der Waals surface area contributed by atoms with Crippen LogP contribution in [0, 0.1) is 13.8 Å². The summed E-state index contributed by atoms with van der Waals surface area (Å²) in [5.74, 6) is 0. The minimum Gasteiger partial charge on any atom is -0.343 e. The number of likely N-dealkylation sites (N-methyl/N-ethyl adjacent to an activating group) is 1. The Morgan fingerprint density at radius 1 is 0.839 bits per heavy atom. The van der Waals surface area contributed by atoms with E-state index in [9.17, 15) is 0 Å². The molecule has 1 fully saturated rings. The first-order valence-electron chi connectivity index (χ1n) is 11.1. The summed E-state index contributed by atoms with van der Waals surface area (Å²) >= 11 is 0. The van der Waals surface area contributed by atoms with E-state index in [1.54, 1.807) is 0 Å². The van der Waals surface area contributed by atoms with Crippen LogP contribution in [-0.2, 0) is 6.54 Å². The molecule has 31 heavy (non-hydrogen) atoms. The first-order valence-corrected chi connectivity index (χ1v) is 11.1. The number of piperazine rings is 1. The SMILES string of the molecule is Cc1ccc(-c2c(C)[nH]c3ncc(-c4ccc(CN5CCN(C)CC5)cc4)cc23)cc1. The fourth-order valence-corrected chi connectivity index (χ4v) is 4.51. The molecule has 2 aromatic carbocycles. The number of nitrogens with zero attached hydrogens (tertiary/aromatic N) is 3. The van der Waals surface area contributed by atoms with Crippen LogP contribution in [-0.4, -0.2) is 53.0 Å². The van der Waals surface area contributed by atoms with Crippen molar-refractivity contribution < 1.29 is 0 Å². The van der Waals surface area contributed by atoms with E-state index in [0.717, 1.165) is 49.6 Å². The van der Waals surface area contributed by atoms with Gasteiger partial charge >= 0.3 is 0 Å². The standard InChI is InChI=1S/C27H30N4/c1-19-4-8-23(9-5-19)26-20(2)29-27-25(26)16-24(17-28-27)22-10-6-21(7-11-22)18-31-14-12-30(3)13-15-31/h4-11,16-17H,12-15,18H2,1-3H3,(H,28,29). The molecular weight excluding hydrogens is 380 g/mol. The van der Waals surface area contributed by atoms with Crippen molar-refractivity contribution in [1.29, 1.82) is 0 Å². The van der Waals surface area contributed by atoms with Crippen LogP contribution in [0.1, 0.15) is 16.8 Å². The summed E-state index contributed by atoms with van der Waals surface area (Å²) in [5, 5.41) is 1.18. The molecule has 0 aliphatic carbocycles. The Morgan fingerprint density at radius 2 is 1.52 bits per heavy atom. The zero-order valence-corrected chi connectivity index (χ0v) is 18.7. The van der Waals surface area contributed by atoms with Crippen LogP contribution in [0.4, 0.5) is 0 Å². The quantitative estimate of drug-likeness (QED) is 0.498. The molecule has 2 aromatic heterocycles. The maximum Gasteiger partial charge on any atom is 0.138 e.